The number of amides is 1. The number of rotatable bonds is 3. The maximum atomic E-state index is 12.5. The minimum absolute atomic E-state index is 0.0720. The van der Waals surface area contributed by atoms with Gasteiger partial charge in [-0.15, -0.1) is 0 Å². The predicted molar refractivity (Wildman–Crippen MR) is 99.8 cm³/mol. The normalized spacial score (nSPS) is 11.1. The zero-order valence-electron chi connectivity index (χ0n) is 14.2. The Bertz CT molecular complexity index is 1090. The summed E-state index contributed by atoms with van der Waals surface area (Å²) in [4.78, 5) is 16.9. The molecule has 0 saturated heterocycles. The minimum Gasteiger partial charge on any atom is -0.464 e. The number of nitrogens with one attached hydrogen (secondary N) is 1. The van der Waals surface area contributed by atoms with Crippen LogP contribution in [0.1, 0.15) is 16.7 Å². The first-order valence-corrected chi connectivity index (χ1v) is 8.23. The molecule has 0 radical (unpaired) electrons. The smallest absolute Gasteiger partial charge is 0.228 e. The van der Waals surface area contributed by atoms with Gasteiger partial charge in [-0.25, -0.2) is 0 Å². The van der Waals surface area contributed by atoms with Gasteiger partial charge in [-0.1, -0.05) is 6.07 Å². The van der Waals surface area contributed by atoms with Gasteiger partial charge < -0.3 is 9.73 Å². The third-order valence-corrected chi connectivity index (χ3v) is 4.54. The van der Waals surface area contributed by atoms with Crippen molar-refractivity contribution in [3.63, 3.8) is 0 Å². The van der Waals surface area contributed by atoms with Crippen LogP contribution >= 0.6 is 0 Å². The van der Waals surface area contributed by atoms with Crippen molar-refractivity contribution < 1.29 is 9.21 Å². The molecule has 2 aromatic carbocycles. The highest BCUT2D eigenvalue weighted by molar-refractivity contribution is 6.02. The summed E-state index contributed by atoms with van der Waals surface area (Å²) in [5.74, 6) is -0.0720. The molecule has 1 amide bonds. The van der Waals surface area contributed by atoms with Gasteiger partial charge >= 0.3 is 0 Å². The average Bonchev–Trinajstić information content (AvgIpc) is 2.97. The Morgan fingerprint density at radius 2 is 1.92 bits per heavy atom. The summed E-state index contributed by atoms with van der Waals surface area (Å²) in [5, 5.41) is 4.92. The van der Waals surface area contributed by atoms with E-state index in [2.05, 4.69) is 30.2 Å². The maximum absolute atomic E-state index is 12.5. The van der Waals surface area contributed by atoms with Gasteiger partial charge in [0.1, 0.15) is 5.58 Å². The number of carbonyl (C=O) groups is 1. The number of benzene rings is 2. The minimum atomic E-state index is -0.0720. The first-order chi connectivity index (χ1) is 12.1. The summed E-state index contributed by atoms with van der Waals surface area (Å²) in [5.41, 5.74) is 5.72. The maximum Gasteiger partial charge on any atom is 0.228 e. The number of carbonyl (C=O) groups excluding carboxylic acids is 1. The zero-order chi connectivity index (χ0) is 17.4. The highest BCUT2D eigenvalue weighted by atomic mass is 16.3. The Morgan fingerprint density at radius 3 is 2.80 bits per heavy atom. The SMILES string of the molecule is Cc1cc2occ(CC(=O)Nc3cccc4ncccc34)c2cc1C. The molecule has 25 heavy (non-hydrogen) atoms. The Labute approximate surface area is 145 Å². The van der Waals surface area contributed by atoms with Crippen molar-refractivity contribution in [2.45, 2.75) is 20.3 Å². The first kappa shape index (κ1) is 15.4. The van der Waals surface area contributed by atoms with Gasteiger partial charge in [0, 0.05) is 22.5 Å². The summed E-state index contributed by atoms with van der Waals surface area (Å²) < 4.78 is 5.62. The Balaban J connectivity index is 1.61. The summed E-state index contributed by atoms with van der Waals surface area (Å²) in [6.45, 7) is 4.12. The number of nitrogens with zero attached hydrogens (tertiary/aromatic N) is 1. The fourth-order valence-corrected chi connectivity index (χ4v) is 3.05. The number of furan rings is 1. The van der Waals surface area contributed by atoms with Gasteiger partial charge in [-0.05, 0) is 61.4 Å². The lowest BCUT2D eigenvalue weighted by Crippen LogP contribution is -2.14. The van der Waals surface area contributed by atoms with E-state index in [4.69, 9.17) is 4.42 Å². The molecule has 0 aliphatic rings. The number of pyridine rings is 1. The lowest BCUT2D eigenvalue weighted by molar-refractivity contribution is -0.115. The zero-order valence-corrected chi connectivity index (χ0v) is 14.2. The molecule has 4 nitrogen and oxygen atoms in total. The van der Waals surface area contributed by atoms with E-state index >= 15 is 0 Å². The van der Waals surface area contributed by atoms with Gasteiger partial charge in [0.05, 0.1) is 23.9 Å². The van der Waals surface area contributed by atoms with Crippen LogP contribution < -0.4 is 5.32 Å². The van der Waals surface area contributed by atoms with Crippen LogP contribution in [0.25, 0.3) is 21.9 Å². The molecule has 0 fully saturated rings. The van der Waals surface area contributed by atoms with E-state index in [9.17, 15) is 4.79 Å². The fourth-order valence-electron chi connectivity index (χ4n) is 3.05. The predicted octanol–water partition coefficient (Wildman–Crippen LogP) is 4.78. The van der Waals surface area contributed by atoms with Gasteiger partial charge in [0.25, 0.3) is 0 Å². The third kappa shape index (κ3) is 2.87. The van der Waals surface area contributed by atoms with Crippen LogP contribution in [0.2, 0.25) is 0 Å². The molecule has 0 bridgehead atoms. The summed E-state index contributed by atoms with van der Waals surface area (Å²) >= 11 is 0. The molecule has 0 aliphatic carbocycles. The highest BCUT2D eigenvalue weighted by Crippen LogP contribution is 2.26. The van der Waals surface area contributed by atoms with E-state index in [1.165, 1.54) is 11.1 Å². The molecule has 4 heteroatoms. The summed E-state index contributed by atoms with van der Waals surface area (Å²) in [7, 11) is 0. The van der Waals surface area contributed by atoms with Gasteiger partial charge in [-0.2, -0.15) is 0 Å². The van der Waals surface area contributed by atoms with Crippen molar-refractivity contribution >= 4 is 33.5 Å². The Kier molecular flexibility index (Phi) is 3.73. The van der Waals surface area contributed by atoms with Gasteiger partial charge in [0.15, 0.2) is 0 Å². The molecule has 1 N–H and O–H groups in total. The van der Waals surface area contributed by atoms with Crippen LogP contribution in [0, 0.1) is 13.8 Å². The van der Waals surface area contributed by atoms with Crippen molar-refractivity contribution in [2.24, 2.45) is 0 Å². The molecular formula is C21H18N2O2. The standard InChI is InChI=1S/C21H18N2O2/c1-13-9-17-15(12-25-20(17)10-14(13)2)11-21(24)23-19-7-3-6-18-16(19)5-4-8-22-18/h3-10,12H,11H2,1-2H3,(H,23,24). The van der Waals surface area contributed by atoms with Crippen LogP contribution in [-0.2, 0) is 11.2 Å². The number of hydrogen-bond donors (Lipinski definition) is 1. The van der Waals surface area contributed by atoms with Crippen LogP contribution in [0.15, 0.2) is 59.3 Å². The van der Waals surface area contributed by atoms with E-state index in [0.717, 1.165) is 33.1 Å². The van der Waals surface area contributed by atoms with Crippen LogP contribution in [0.5, 0.6) is 0 Å². The Morgan fingerprint density at radius 1 is 1.08 bits per heavy atom. The van der Waals surface area contributed by atoms with Crippen LogP contribution in [-0.4, -0.2) is 10.9 Å². The number of fused-ring (bicyclic) bond motifs is 2. The van der Waals surface area contributed by atoms with Crippen LogP contribution in [0.4, 0.5) is 5.69 Å². The quantitative estimate of drug-likeness (QED) is 0.588. The molecule has 0 saturated carbocycles. The molecule has 0 unspecified atom stereocenters. The molecule has 4 aromatic rings. The summed E-state index contributed by atoms with van der Waals surface area (Å²) in [6.07, 6.45) is 3.69. The number of aryl methyl sites for hydroxylation is 2. The van der Waals surface area contributed by atoms with Gasteiger partial charge in [0.2, 0.25) is 5.91 Å². The topological polar surface area (TPSA) is 55.1 Å². The van der Waals surface area contributed by atoms with Crippen molar-refractivity contribution in [1.29, 1.82) is 0 Å². The van der Waals surface area contributed by atoms with E-state index in [1.54, 1.807) is 12.5 Å². The van der Waals surface area contributed by atoms with E-state index < -0.39 is 0 Å². The largest absolute Gasteiger partial charge is 0.464 e. The molecule has 2 heterocycles. The molecular weight excluding hydrogens is 312 g/mol. The number of aromatic nitrogens is 1. The molecule has 4 rings (SSSR count). The highest BCUT2D eigenvalue weighted by Gasteiger charge is 2.13. The molecule has 0 atom stereocenters. The molecule has 124 valence electrons. The number of anilines is 1. The monoisotopic (exact) mass is 330 g/mol. The molecule has 0 aliphatic heterocycles. The average molecular weight is 330 g/mol. The fraction of sp³-hybridized carbons (Fsp3) is 0.143. The van der Waals surface area contributed by atoms with E-state index in [1.807, 2.05) is 36.4 Å². The Hall–Kier alpha value is -3.14. The molecule has 2 aromatic heterocycles. The molecule has 0 spiro atoms. The van der Waals surface area contributed by atoms with Crippen molar-refractivity contribution in [3.05, 3.63) is 71.6 Å². The van der Waals surface area contributed by atoms with Crippen molar-refractivity contribution in [2.75, 3.05) is 5.32 Å². The van der Waals surface area contributed by atoms with Crippen LogP contribution in [0.3, 0.4) is 0 Å². The number of hydrogen-bond acceptors (Lipinski definition) is 3. The second kappa shape index (κ2) is 6.06. The van der Waals surface area contributed by atoms with E-state index in [-0.39, 0.29) is 12.3 Å². The second-order valence-corrected chi connectivity index (χ2v) is 6.29. The second-order valence-electron chi connectivity index (χ2n) is 6.29. The third-order valence-electron chi connectivity index (χ3n) is 4.54. The van der Waals surface area contributed by atoms with Crippen molar-refractivity contribution in [3.8, 4) is 0 Å². The lowest BCUT2D eigenvalue weighted by Gasteiger charge is -2.08. The van der Waals surface area contributed by atoms with Crippen molar-refractivity contribution in [1.82, 2.24) is 4.98 Å². The summed E-state index contributed by atoms with van der Waals surface area (Å²) in [6, 6.07) is 13.6. The lowest BCUT2D eigenvalue weighted by atomic mass is 10.0. The van der Waals surface area contributed by atoms with Gasteiger partial charge in [-0.3, -0.25) is 9.78 Å². The first-order valence-electron chi connectivity index (χ1n) is 8.23. The van der Waals surface area contributed by atoms with E-state index in [0.29, 0.717) is 0 Å².